The number of hydrogen-bond acceptors (Lipinski definition) is 5. The summed E-state index contributed by atoms with van der Waals surface area (Å²) in [6.45, 7) is 2.91. The van der Waals surface area contributed by atoms with Crippen molar-refractivity contribution in [2.45, 2.75) is 51.3 Å². The van der Waals surface area contributed by atoms with E-state index in [4.69, 9.17) is 10.5 Å². The molecule has 0 saturated carbocycles. The van der Waals surface area contributed by atoms with E-state index in [1.54, 1.807) is 6.92 Å². The highest BCUT2D eigenvalue weighted by Gasteiger charge is 2.19. The molecule has 1 amide bonds. The fourth-order valence-electron chi connectivity index (χ4n) is 3.19. The van der Waals surface area contributed by atoms with Gasteiger partial charge in [-0.05, 0) is 43.9 Å². The lowest BCUT2D eigenvalue weighted by atomic mass is 10.0. The van der Waals surface area contributed by atoms with Gasteiger partial charge in [0.15, 0.2) is 0 Å². The van der Waals surface area contributed by atoms with Gasteiger partial charge in [-0.3, -0.25) is 4.79 Å². The molecule has 0 bridgehead atoms. The normalized spacial score (nSPS) is 12.7. The van der Waals surface area contributed by atoms with Crippen molar-refractivity contribution in [1.82, 2.24) is 10.6 Å². The van der Waals surface area contributed by atoms with E-state index >= 15 is 0 Å². The molecule has 6 nitrogen and oxygen atoms in total. The summed E-state index contributed by atoms with van der Waals surface area (Å²) in [6.07, 6.45) is 2.70. The van der Waals surface area contributed by atoms with Crippen LogP contribution in [0.25, 0.3) is 0 Å². The summed E-state index contributed by atoms with van der Waals surface area (Å²) in [5.41, 5.74) is 7.64. The van der Waals surface area contributed by atoms with Gasteiger partial charge < -0.3 is 21.1 Å². The number of alkyl carbamates (subject to hydrolysis) is 1. The van der Waals surface area contributed by atoms with Crippen molar-refractivity contribution in [1.29, 1.82) is 0 Å². The summed E-state index contributed by atoms with van der Waals surface area (Å²) in [5.74, 6) is 0.0752. The minimum absolute atomic E-state index is 0.0752. The zero-order valence-corrected chi connectivity index (χ0v) is 17.7. The highest BCUT2D eigenvalue weighted by molar-refractivity contribution is 5.81. The molecule has 0 saturated heterocycles. The number of amides is 1. The van der Waals surface area contributed by atoms with Crippen LogP contribution >= 0.6 is 0 Å². The first-order valence-electron chi connectivity index (χ1n) is 10.5. The van der Waals surface area contributed by atoms with E-state index in [1.165, 1.54) is 0 Å². The van der Waals surface area contributed by atoms with E-state index in [9.17, 15) is 9.59 Å². The van der Waals surface area contributed by atoms with Gasteiger partial charge in [0.25, 0.3) is 0 Å². The summed E-state index contributed by atoms with van der Waals surface area (Å²) in [6, 6.07) is 19.0. The lowest BCUT2D eigenvalue weighted by Crippen LogP contribution is -2.47. The van der Waals surface area contributed by atoms with Gasteiger partial charge in [0.1, 0.15) is 12.4 Å². The molecule has 2 atom stereocenters. The Morgan fingerprint density at radius 1 is 0.967 bits per heavy atom. The summed E-state index contributed by atoms with van der Waals surface area (Å²) < 4.78 is 5.35. The first kappa shape index (κ1) is 23.6. The van der Waals surface area contributed by atoms with Crippen LogP contribution in [-0.4, -0.2) is 37.0 Å². The first-order chi connectivity index (χ1) is 14.6. The van der Waals surface area contributed by atoms with Crippen LogP contribution in [-0.2, 0) is 22.6 Å². The summed E-state index contributed by atoms with van der Waals surface area (Å²) in [4.78, 5) is 24.4. The minimum atomic E-state index is -0.458. The molecule has 2 aromatic rings. The SMILES string of the molecule is CC(=O)[C@H](Cc1ccccc1)NCC(CCCCN)NC(=O)OCc1ccccc1. The molecule has 0 aliphatic rings. The monoisotopic (exact) mass is 411 g/mol. The van der Waals surface area contributed by atoms with Crippen LogP contribution < -0.4 is 16.4 Å². The predicted octanol–water partition coefficient (Wildman–Crippen LogP) is 3.20. The molecule has 30 heavy (non-hydrogen) atoms. The van der Waals surface area contributed by atoms with Crippen LogP contribution in [0, 0.1) is 0 Å². The van der Waals surface area contributed by atoms with Gasteiger partial charge in [-0.15, -0.1) is 0 Å². The Balaban J connectivity index is 1.88. The van der Waals surface area contributed by atoms with Crippen molar-refractivity contribution in [3.63, 3.8) is 0 Å². The molecule has 1 unspecified atom stereocenters. The molecule has 0 fully saturated rings. The van der Waals surface area contributed by atoms with Gasteiger partial charge in [0.2, 0.25) is 0 Å². The molecule has 4 N–H and O–H groups in total. The van der Waals surface area contributed by atoms with Gasteiger partial charge in [-0.1, -0.05) is 67.1 Å². The fraction of sp³-hybridized carbons (Fsp3) is 0.417. The molecule has 0 spiro atoms. The van der Waals surface area contributed by atoms with Crippen LogP contribution in [0.2, 0.25) is 0 Å². The molecule has 0 radical (unpaired) electrons. The molecule has 162 valence electrons. The number of nitrogens with one attached hydrogen (secondary N) is 2. The van der Waals surface area contributed by atoms with E-state index in [1.807, 2.05) is 60.7 Å². The summed E-state index contributed by atoms with van der Waals surface area (Å²) in [7, 11) is 0. The quantitative estimate of drug-likeness (QED) is 0.440. The fourth-order valence-corrected chi connectivity index (χ4v) is 3.19. The molecule has 0 heterocycles. The van der Waals surface area contributed by atoms with Crippen molar-refractivity contribution >= 4 is 11.9 Å². The smallest absolute Gasteiger partial charge is 0.407 e. The zero-order chi connectivity index (χ0) is 21.6. The standard InChI is InChI=1S/C24H33N3O3/c1-19(28)23(16-20-10-4-2-5-11-20)26-17-22(14-8-9-15-25)27-24(29)30-18-21-12-6-3-7-13-21/h2-7,10-13,22-23,26H,8-9,14-18,25H2,1H3,(H,27,29)/t22?,23-/m0/s1. The highest BCUT2D eigenvalue weighted by Crippen LogP contribution is 2.07. The van der Waals surface area contributed by atoms with E-state index in [0.29, 0.717) is 19.5 Å². The molecular weight excluding hydrogens is 378 g/mol. The third-order valence-corrected chi connectivity index (χ3v) is 4.93. The Hall–Kier alpha value is -2.70. The number of hydrogen-bond donors (Lipinski definition) is 3. The largest absolute Gasteiger partial charge is 0.445 e. The second-order valence-corrected chi connectivity index (χ2v) is 7.45. The molecule has 0 aliphatic carbocycles. The van der Waals surface area contributed by atoms with E-state index in [-0.39, 0.29) is 24.5 Å². The number of carbonyl (C=O) groups excluding carboxylic acids is 2. The number of ether oxygens (including phenoxy) is 1. The topological polar surface area (TPSA) is 93.5 Å². The Bertz CT molecular complexity index is 753. The van der Waals surface area contributed by atoms with Crippen LogP contribution in [0.4, 0.5) is 4.79 Å². The Morgan fingerprint density at radius 3 is 2.20 bits per heavy atom. The Kier molecular flexibility index (Phi) is 10.6. The summed E-state index contributed by atoms with van der Waals surface area (Å²) in [5, 5.41) is 6.25. The molecular formula is C24H33N3O3. The first-order valence-corrected chi connectivity index (χ1v) is 10.5. The predicted molar refractivity (Wildman–Crippen MR) is 119 cm³/mol. The van der Waals surface area contributed by atoms with Crippen LogP contribution in [0.15, 0.2) is 60.7 Å². The molecule has 2 rings (SSSR count). The van der Waals surface area contributed by atoms with E-state index < -0.39 is 6.09 Å². The molecule has 0 aliphatic heterocycles. The van der Waals surface area contributed by atoms with Crippen molar-refractivity contribution in [2.75, 3.05) is 13.1 Å². The third-order valence-electron chi connectivity index (χ3n) is 4.93. The average Bonchev–Trinajstić information content (AvgIpc) is 2.76. The van der Waals surface area contributed by atoms with Gasteiger partial charge in [-0.25, -0.2) is 4.79 Å². The van der Waals surface area contributed by atoms with Crippen molar-refractivity contribution in [3.8, 4) is 0 Å². The second kappa shape index (κ2) is 13.5. The van der Waals surface area contributed by atoms with Gasteiger partial charge >= 0.3 is 6.09 Å². The van der Waals surface area contributed by atoms with Gasteiger partial charge in [0, 0.05) is 12.6 Å². The maximum atomic E-state index is 12.3. The number of rotatable bonds is 13. The van der Waals surface area contributed by atoms with E-state index in [2.05, 4.69) is 10.6 Å². The van der Waals surface area contributed by atoms with Gasteiger partial charge in [0.05, 0.1) is 6.04 Å². The van der Waals surface area contributed by atoms with Crippen LogP contribution in [0.1, 0.15) is 37.3 Å². The van der Waals surface area contributed by atoms with Crippen LogP contribution in [0.5, 0.6) is 0 Å². The Labute approximate surface area is 179 Å². The number of carbonyl (C=O) groups is 2. The van der Waals surface area contributed by atoms with Crippen molar-refractivity contribution in [3.05, 3.63) is 71.8 Å². The van der Waals surface area contributed by atoms with E-state index in [0.717, 1.165) is 30.4 Å². The van der Waals surface area contributed by atoms with Gasteiger partial charge in [-0.2, -0.15) is 0 Å². The molecule has 6 heteroatoms. The maximum absolute atomic E-state index is 12.3. The summed E-state index contributed by atoms with van der Waals surface area (Å²) >= 11 is 0. The van der Waals surface area contributed by atoms with Crippen LogP contribution in [0.3, 0.4) is 0 Å². The average molecular weight is 412 g/mol. The number of unbranched alkanes of at least 4 members (excludes halogenated alkanes) is 1. The lowest BCUT2D eigenvalue weighted by molar-refractivity contribution is -0.119. The molecule has 2 aromatic carbocycles. The molecule has 0 aromatic heterocycles. The van der Waals surface area contributed by atoms with Crippen molar-refractivity contribution in [2.24, 2.45) is 5.73 Å². The Morgan fingerprint density at radius 2 is 1.60 bits per heavy atom. The maximum Gasteiger partial charge on any atom is 0.407 e. The number of ketones is 1. The van der Waals surface area contributed by atoms with Crippen molar-refractivity contribution < 1.29 is 14.3 Å². The highest BCUT2D eigenvalue weighted by atomic mass is 16.5. The zero-order valence-electron chi connectivity index (χ0n) is 17.7. The number of benzene rings is 2. The number of nitrogens with two attached hydrogens (primary N) is 1. The minimum Gasteiger partial charge on any atom is -0.445 e. The lowest BCUT2D eigenvalue weighted by Gasteiger charge is -2.23. The second-order valence-electron chi connectivity index (χ2n) is 7.45. The number of Topliss-reactive ketones (excluding diaryl/α,β-unsaturated/α-hetero) is 1. The third kappa shape index (κ3) is 9.20.